The molecule has 0 bridgehead atoms. The average Bonchev–Trinajstić information content (AvgIpc) is 2.45. The molecule has 2 rings (SSSR count). The summed E-state index contributed by atoms with van der Waals surface area (Å²) in [5, 5.41) is 9.14. The van der Waals surface area contributed by atoms with E-state index >= 15 is 0 Å². The van der Waals surface area contributed by atoms with Gasteiger partial charge in [-0.25, -0.2) is 0 Å². The van der Waals surface area contributed by atoms with E-state index in [1.165, 1.54) is 5.56 Å². The molecule has 2 heterocycles. The van der Waals surface area contributed by atoms with Crippen molar-refractivity contribution in [3.05, 3.63) is 54.1 Å². The highest BCUT2D eigenvalue weighted by atomic mass is 16.5. The molecule has 1 N–H and O–H groups in total. The molecule has 0 unspecified atom stereocenters. The van der Waals surface area contributed by atoms with Crippen molar-refractivity contribution in [1.82, 2.24) is 9.97 Å². The second-order valence-electron chi connectivity index (χ2n) is 3.95. The van der Waals surface area contributed by atoms with Gasteiger partial charge in [0.25, 0.3) is 0 Å². The van der Waals surface area contributed by atoms with Crippen LogP contribution in [0, 0.1) is 0 Å². The molecular formula is C14H16N2O2. The standard InChI is InChI=1S/C14H16N2O2/c17-11-13-5-8-16-10-14(13)18-9-1-2-12-3-6-15-7-4-12/h3-8,10,17H,1-2,9,11H2. The number of pyridine rings is 2. The minimum Gasteiger partial charge on any atom is -0.492 e. The number of aliphatic hydroxyl groups excluding tert-OH is 1. The van der Waals surface area contributed by atoms with Crippen molar-refractivity contribution < 1.29 is 9.84 Å². The maximum absolute atomic E-state index is 9.14. The first-order valence-corrected chi connectivity index (χ1v) is 5.95. The molecule has 0 spiro atoms. The first kappa shape index (κ1) is 12.5. The van der Waals surface area contributed by atoms with E-state index in [1.807, 2.05) is 12.1 Å². The van der Waals surface area contributed by atoms with Crippen molar-refractivity contribution in [3.8, 4) is 5.75 Å². The van der Waals surface area contributed by atoms with Crippen LogP contribution in [0.2, 0.25) is 0 Å². The Morgan fingerprint density at radius 1 is 1.06 bits per heavy atom. The minimum atomic E-state index is -0.0256. The van der Waals surface area contributed by atoms with Gasteiger partial charge in [-0.2, -0.15) is 0 Å². The highest BCUT2D eigenvalue weighted by Crippen LogP contribution is 2.16. The Balaban J connectivity index is 1.78. The van der Waals surface area contributed by atoms with Gasteiger partial charge in [-0.15, -0.1) is 0 Å². The molecule has 0 aliphatic rings. The van der Waals surface area contributed by atoms with Crippen molar-refractivity contribution in [2.24, 2.45) is 0 Å². The Morgan fingerprint density at radius 2 is 1.83 bits per heavy atom. The maximum atomic E-state index is 9.14. The van der Waals surface area contributed by atoms with Gasteiger partial charge >= 0.3 is 0 Å². The monoisotopic (exact) mass is 244 g/mol. The smallest absolute Gasteiger partial charge is 0.143 e. The van der Waals surface area contributed by atoms with Gasteiger partial charge in [0.1, 0.15) is 5.75 Å². The number of hydrogen-bond donors (Lipinski definition) is 1. The van der Waals surface area contributed by atoms with Crippen LogP contribution in [0.25, 0.3) is 0 Å². The largest absolute Gasteiger partial charge is 0.492 e. The summed E-state index contributed by atoms with van der Waals surface area (Å²) in [6, 6.07) is 5.77. The van der Waals surface area contributed by atoms with E-state index < -0.39 is 0 Å². The van der Waals surface area contributed by atoms with Gasteiger partial charge in [0.2, 0.25) is 0 Å². The summed E-state index contributed by atoms with van der Waals surface area (Å²) in [6.07, 6.45) is 8.75. The summed E-state index contributed by atoms with van der Waals surface area (Å²) >= 11 is 0. The zero-order valence-electron chi connectivity index (χ0n) is 10.1. The summed E-state index contributed by atoms with van der Waals surface area (Å²) in [5.41, 5.74) is 2.02. The van der Waals surface area contributed by atoms with Crippen molar-refractivity contribution in [1.29, 1.82) is 0 Å². The molecule has 0 aliphatic heterocycles. The molecule has 0 aliphatic carbocycles. The lowest BCUT2D eigenvalue weighted by Crippen LogP contribution is -2.02. The molecule has 94 valence electrons. The first-order valence-electron chi connectivity index (χ1n) is 5.95. The van der Waals surface area contributed by atoms with Crippen LogP contribution in [0.1, 0.15) is 17.5 Å². The lowest BCUT2D eigenvalue weighted by atomic mass is 10.1. The van der Waals surface area contributed by atoms with Crippen LogP contribution in [0.15, 0.2) is 43.0 Å². The molecule has 4 heteroatoms. The summed E-state index contributed by atoms with van der Waals surface area (Å²) in [7, 11) is 0. The number of nitrogens with zero attached hydrogens (tertiary/aromatic N) is 2. The topological polar surface area (TPSA) is 55.2 Å². The molecule has 2 aromatic rings. The SMILES string of the molecule is OCc1ccncc1OCCCc1ccncc1. The Hall–Kier alpha value is -1.94. The number of rotatable bonds is 6. The predicted molar refractivity (Wildman–Crippen MR) is 68.2 cm³/mol. The van der Waals surface area contributed by atoms with Crippen LogP contribution < -0.4 is 4.74 Å². The van der Waals surface area contributed by atoms with Gasteiger partial charge in [-0.3, -0.25) is 9.97 Å². The molecule has 18 heavy (non-hydrogen) atoms. The third-order valence-electron chi connectivity index (χ3n) is 2.66. The minimum absolute atomic E-state index is 0.0256. The van der Waals surface area contributed by atoms with Crippen molar-refractivity contribution >= 4 is 0 Å². The summed E-state index contributed by atoms with van der Waals surface area (Å²) in [6.45, 7) is 0.587. The second kappa shape index (κ2) is 6.71. The molecular weight excluding hydrogens is 228 g/mol. The van der Waals surface area contributed by atoms with E-state index in [0.717, 1.165) is 18.4 Å². The zero-order valence-corrected chi connectivity index (χ0v) is 10.1. The van der Waals surface area contributed by atoms with Gasteiger partial charge in [0.15, 0.2) is 0 Å². The van der Waals surface area contributed by atoms with E-state index in [2.05, 4.69) is 9.97 Å². The Labute approximate surface area is 106 Å². The quantitative estimate of drug-likeness (QED) is 0.789. The molecule has 0 fully saturated rings. The lowest BCUT2D eigenvalue weighted by molar-refractivity contribution is 0.260. The molecule has 0 radical (unpaired) electrons. The van der Waals surface area contributed by atoms with Crippen molar-refractivity contribution in [2.45, 2.75) is 19.4 Å². The van der Waals surface area contributed by atoms with Crippen LogP contribution >= 0.6 is 0 Å². The summed E-state index contributed by atoms with van der Waals surface area (Å²) in [5.74, 6) is 0.662. The number of aliphatic hydroxyl groups is 1. The number of aromatic nitrogens is 2. The molecule has 4 nitrogen and oxygen atoms in total. The number of aryl methyl sites for hydroxylation is 1. The fourth-order valence-electron chi connectivity index (χ4n) is 1.68. The molecule has 0 saturated heterocycles. The highest BCUT2D eigenvalue weighted by Gasteiger charge is 2.01. The van der Waals surface area contributed by atoms with Gasteiger partial charge in [-0.05, 0) is 36.6 Å². The molecule has 2 aromatic heterocycles. The van der Waals surface area contributed by atoms with Crippen LogP contribution in [-0.2, 0) is 13.0 Å². The lowest BCUT2D eigenvalue weighted by Gasteiger charge is -2.09. The third-order valence-corrected chi connectivity index (χ3v) is 2.66. The highest BCUT2D eigenvalue weighted by molar-refractivity contribution is 5.28. The summed E-state index contributed by atoms with van der Waals surface area (Å²) < 4.78 is 5.61. The zero-order chi connectivity index (χ0) is 12.6. The molecule has 0 atom stereocenters. The van der Waals surface area contributed by atoms with E-state index in [4.69, 9.17) is 9.84 Å². The normalized spacial score (nSPS) is 10.3. The molecule has 0 saturated carbocycles. The van der Waals surface area contributed by atoms with Crippen LogP contribution in [0.3, 0.4) is 0 Å². The third kappa shape index (κ3) is 3.53. The van der Waals surface area contributed by atoms with E-state index in [9.17, 15) is 0 Å². The Bertz CT molecular complexity index is 474. The van der Waals surface area contributed by atoms with Gasteiger partial charge in [0, 0.05) is 24.2 Å². The van der Waals surface area contributed by atoms with Crippen molar-refractivity contribution in [3.63, 3.8) is 0 Å². The van der Waals surface area contributed by atoms with Gasteiger partial charge in [-0.1, -0.05) is 0 Å². The average molecular weight is 244 g/mol. The Kier molecular flexibility index (Phi) is 4.67. The maximum Gasteiger partial charge on any atom is 0.143 e. The number of ether oxygens (including phenoxy) is 1. The second-order valence-corrected chi connectivity index (χ2v) is 3.95. The summed E-state index contributed by atoms with van der Waals surface area (Å²) in [4.78, 5) is 7.96. The number of hydrogen-bond acceptors (Lipinski definition) is 4. The van der Waals surface area contributed by atoms with E-state index in [0.29, 0.717) is 12.4 Å². The van der Waals surface area contributed by atoms with E-state index in [-0.39, 0.29) is 6.61 Å². The first-order chi connectivity index (χ1) is 8.90. The van der Waals surface area contributed by atoms with Gasteiger partial charge in [0.05, 0.1) is 19.4 Å². The fourth-order valence-corrected chi connectivity index (χ4v) is 1.68. The van der Waals surface area contributed by atoms with Gasteiger partial charge < -0.3 is 9.84 Å². The van der Waals surface area contributed by atoms with Crippen molar-refractivity contribution in [2.75, 3.05) is 6.61 Å². The Morgan fingerprint density at radius 3 is 2.61 bits per heavy atom. The van der Waals surface area contributed by atoms with Crippen LogP contribution in [0.5, 0.6) is 5.75 Å². The fraction of sp³-hybridized carbons (Fsp3) is 0.286. The van der Waals surface area contributed by atoms with Crippen LogP contribution in [-0.4, -0.2) is 21.7 Å². The molecule has 0 aromatic carbocycles. The molecule has 0 amide bonds. The predicted octanol–water partition coefficient (Wildman–Crippen LogP) is 1.98. The van der Waals surface area contributed by atoms with Crippen LogP contribution in [0.4, 0.5) is 0 Å². The van der Waals surface area contributed by atoms with E-state index in [1.54, 1.807) is 30.9 Å².